The van der Waals surface area contributed by atoms with Gasteiger partial charge in [0.25, 0.3) is 0 Å². The highest BCUT2D eigenvalue weighted by molar-refractivity contribution is 5.50. The lowest BCUT2D eigenvalue weighted by Crippen LogP contribution is -2.28. The number of likely N-dealkylation sites (N-methyl/N-ethyl adjacent to an activating group) is 1. The van der Waals surface area contributed by atoms with Gasteiger partial charge in [-0.25, -0.2) is 4.98 Å². The van der Waals surface area contributed by atoms with Gasteiger partial charge in [0.15, 0.2) is 0 Å². The Morgan fingerprint density at radius 3 is 2.50 bits per heavy atom. The minimum Gasteiger partial charge on any atom is -0.481 e. The van der Waals surface area contributed by atoms with Crippen LogP contribution in [0.2, 0.25) is 0 Å². The molecule has 1 N–H and O–H groups in total. The monoisotopic (exact) mass is 225 g/mol. The van der Waals surface area contributed by atoms with Gasteiger partial charge in [0.2, 0.25) is 5.88 Å². The van der Waals surface area contributed by atoms with Gasteiger partial charge in [-0.15, -0.1) is 0 Å². The van der Waals surface area contributed by atoms with Crippen molar-refractivity contribution in [1.82, 2.24) is 9.97 Å². The van der Waals surface area contributed by atoms with E-state index in [4.69, 9.17) is 4.74 Å². The van der Waals surface area contributed by atoms with E-state index in [1.54, 1.807) is 14.0 Å². The van der Waals surface area contributed by atoms with Crippen molar-refractivity contribution in [1.29, 1.82) is 0 Å². The molecular formula is C11H19N3O2. The first-order valence-corrected chi connectivity index (χ1v) is 5.24. The van der Waals surface area contributed by atoms with Crippen molar-refractivity contribution < 1.29 is 9.84 Å². The van der Waals surface area contributed by atoms with E-state index in [1.165, 1.54) is 0 Å². The van der Waals surface area contributed by atoms with Crippen molar-refractivity contribution in [2.45, 2.75) is 26.9 Å². The average Bonchev–Trinajstić information content (AvgIpc) is 2.19. The summed E-state index contributed by atoms with van der Waals surface area (Å²) < 4.78 is 5.18. The molecule has 1 unspecified atom stereocenters. The lowest BCUT2D eigenvalue weighted by Gasteiger charge is -2.22. The quantitative estimate of drug-likeness (QED) is 0.825. The number of anilines is 1. The highest BCUT2D eigenvalue weighted by atomic mass is 16.5. The molecule has 1 rings (SSSR count). The molecule has 5 nitrogen and oxygen atoms in total. The van der Waals surface area contributed by atoms with E-state index >= 15 is 0 Å². The van der Waals surface area contributed by atoms with Crippen LogP contribution in [0, 0.1) is 13.8 Å². The van der Waals surface area contributed by atoms with Gasteiger partial charge in [0.05, 0.1) is 18.8 Å². The fourth-order valence-corrected chi connectivity index (χ4v) is 1.64. The summed E-state index contributed by atoms with van der Waals surface area (Å²) in [6.07, 6.45) is -0.398. The number of aryl methyl sites for hydroxylation is 1. The molecule has 0 aromatic carbocycles. The van der Waals surface area contributed by atoms with Crippen molar-refractivity contribution in [3.8, 4) is 5.88 Å². The van der Waals surface area contributed by atoms with Gasteiger partial charge in [0, 0.05) is 13.6 Å². The first-order valence-electron chi connectivity index (χ1n) is 5.24. The number of aromatic nitrogens is 2. The molecule has 0 bridgehead atoms. The third-order valence-electron chi connectivity index (χ3n) is 2.28. The summed E-state index contributed by atoms with van der Waals surface area (Å²) in [5.41, 5.74) is 0.885. The summed E-state index contributed by atoms with van der Waals surface area (Å²) in [5, 5.41) is 9.35. The van der Waals surface area contributed by atoms with Gasteiger partial charge in [0.1, 0.15) is 11.6 Å². The number of hydrogen-bond donors (Lipinski definition) is 1. The third kappa shape index (κ3) is 2.82. The second kappa shape index (κ2) is 5.12. The summed E-state index contributed by atoms with van der Waals surface area (Å²) in [5.74, 6) is 2.04. The summed E-state index contributed by atoms with van der Waals surface area (Å²) in [6, 6.07) is 0. The zero-order chi connectivity index (χ0) is 12.3. The smallest absolute Gasteiger partial charge is 0.221 e. The topological polar surface area (TPSA) is 58.5 Å². The molecule has 0 spiro atoms. The minimum atomic E-state index is -0.398. The van der Waals surface area contributed by atoms with Crippen LogP contribution in [0.1, 0.15) is 18.3 Å². The van der Waals surface area contributed by atoms with Gasteiger partial charge >= 0.3 is 0 Å². The Labute approximate surface area is 96.1 Å². The zero-order valence-corrected chi connectivity index (χ0v) is 10.5. The Bertz CT molecular complexity index is 366. The van der Waals surface area contributed by atoms with Gasteiger partial charge in [-0.2, -0.15) is 4.98 Å². The molecule has 0 aliphatic rings. The molecule has 0 saturated carbocycles. The fraction of sp³-hybridized carbons (Fsp3) is 0.636. The molecule has 5 heteroatoms. The molecule has 0 aliphatic heterocycles. The van der Waals surface area contributed by atoms with E-state index in [9.17, 15) is 5.11 Å². The zero-order valence-electron chi connectivity index (χ0n) is 10.5. The minimum absolute atomic E-state index is 0.398. The van der Waals surface area contributed by atoms with Crippen LogP contribution < -0.4 is 9.64 Å². The largest absolute Gasteiger partial charge is 0.481 e. The molecule has 16 heavy (non-hydrogen) atoms. The number of methoxy groups -OCH3 is 1. The maximum atomic E-state index is 9.35. The highest BCUT2D eigenvalue weighted by Crippen LogP contribution is 2.24. The van der Waals surface area contributed by atoms with Crippen molar-refractivity contribution in [2.75, 3.05) is 25.6 Å². The van der Waals surface area contributed by atoms with E-state index in [2.05, 4.69) is 9.97 Å². The molecule has 1 atom stereocenters. The van der Waals surface area contributed by atoms with Crippen LogP contribution in [0.15, 0.2) is 0 Å². The maximum Gasteiger partial charge on any atom is 0.221 e. The Morgan fingerprint density at radius 2 is 2.00 bits per heavy atom. The van der Waals surface area contributed by atoms with Crippen LogP contribution in [-0.4, -0.2) is 41.9 Å². The van der Waals surface area contributed by atoms with E-state index in [1.807, 2.05) is 25.8 Å². The predicted molar refractivity (Wildman–Crippen MR) is 63.0 cm³/mol. The molecule has 1 heterocycles. The van der Waals surface area contributed by atoms with Crippen molar-refractivity contribution in [3.05, 3.63) is 11.4 Å². The van der Waals surface area contributed by atoms with E-state index in [-0.39, 0.29) is 0 Å². The molecule has 0 radical (unpaired) electrons. The van der Waals surface area contributed by atoms with E-state index in [0.717, 1.165) is 11.4 Å². The maximum absolute atomic E-state index is 9.35. The van der Waals surface area contributed by atoms with Gasteiger partial charge in [-0.05, 0) is 20.8 Å². The molecule has 0 aliphatic carbocycles. The predicted octanol–water partition coefficient (Wildman–Crippen LogP) is 0.919. The molecule has 0 saturated heterocycles. The summed E-state index contributed by atoms with van der Waals surface area (Å²) in [4.78, 5) is 10.4. The lowest BCUT2D eigenvalue weighted by atomic mass is 10.3. The Kier molecular flexibility index (Phi) is 4.06. The average molecular weight is 225 g/mol. The fourth-order valence-electron chi connectivity index (χ4n) is 1.64. The number of hydrogen-bond acceptors (Lipinski definition) is 5. The van der Waals surface area contributed by atoms with Crippen molar-refractivity contribution in [2.24, 2.45) is 0 Å². The number of ether oxygens (including phenoxy) is 1. The normalized spacial score (nSPS) is 12.4. The van der Waals surface area contributed by atoms with Crippen LogP contribution in [-0.2, 0) is 0 Å². The number of nitrogens with zero attached hydrogens (tertiary/aromatic N) is 3. The molecule has 0 fully saturated rings. The number of aliphatic hydroxyl groups excluding tert-OH is 1. The first-order chi connectivity index (χ1) is 7.45. The molecule has 90 valence electrons. The van der Waals surface area contributed by atoms with Crippen LogP contribution >= 0.6 is 0 Å². The van der Waals surface area contributed by atoms with Crippen LogP contribution in [0.5, 0.6) is 5.88 Å². The van der Waals surface area contributed by atoms with E-state index in [0.29, 0.717) is 18.2 Å². The second-order valence-electron chi connectivity index (χ2n) is 3.96. The standard InChI is InChI=1S/C11H19N3O2/c1-7(15)6-14(4)10-8(2)11(16-5)13-9(3)12-10/h7,15H,6H2,1-5H3. The van der Waals surface area contributed by atoms with E-state index < -0.39 is 6.10 Å². The van der Waals surface area contributed by atoms with Crippen LogP contribution in [0.25, 0.3) is 0 Å². The lowest BCUT2D eigenvalue weighted by molar-refractivity contribution is 0.201. The van der Waals surface area contributed by atoms with Gasteiger partial charge in [-0.3, -0.25) is 0 Å². The molecule has 1 aromatic heterocycles. The van der Waals surface area contributed by atoms with Gasteiger partial charge < -0.3 is 14.7 Å². The summed E-state index contributed by atoms with van der Waals surface area (Å²) in [7, 11) is 3.48. The molecular weight excluding hydrogens is 206 g/mol. The second-order valence-corrected chi connectivity index (χ2v) is 3.96. The number of rotatable bonds is 4. The first kappa shape index (κ1) is 12.7. The Balaban J connectivity index is 3.07. The van der Waals surface area contributed by atoms with Crippen LogP contribution in [0.3, 0.4) is 0 Å². The molecule has 0 amide bonds. The Morgan fingerprint density at radius 1 is 1.38 bits per heavy atom. The molecule has 1 aromatic rings. The summed E-state index contributed by atoms with van der Waals surface area (Å²) in [6.45, 7) is 6.01. The highest BCUT2D eigenvalue weighted by Gasteiger charge is 2.14. The van der Waals surface area contributed by atoms with Crippen molar-refractivity contribution in [3.63, 3.8) is 0 Å². The Hall–Kier alpha value is -1.36. The summed E-state index contributed by atoms with van der Waals surface area (Å²) >= 11 is 0. The third-order valence-corrected chi connectivity index (χ3v) is 2.28. The number of aliphatic hydroxyl groups is 1. The van der Waals surface area contributed by atoms with Crippen LogP contribution in [0.4, 0.5) is 5.82 Å². The van der Waals surface area contributed by atoms with Gasteiger partial charge in [-0.1, -0.05) is 0 Å². The van der Waals surface area contributed by atoms with Crippen molar-refractivity contribution >= 4 is 5.82 Å². The SMILES string of the molecule is COc1nc(C)nc(N(C)CC(C)O)c1C.